The lowest BCUT2D eigenvalue weighted by molar-refractivity contribution is -0.131. The number of pyridine rings is 1. The van der Waals surface area contributed by atoms with E-state index in [2.05, 4.69) is 10.3 Å². The molecule has 0 aliphatic heterocycles. The maximum absolute atomic E-state index is 11.2. The third-order valence-corrected chi connectivity index (χ3v) is 1.87. The van der Waals surface area contributed by atoms with Gasteiger partial charge in [-0.1, -0.05) is 6.07 Å². The minimum Gasteiger partial charge on any atom is -0.478 e. The summed E-state index contributed by atoms with van der Waals surface area (Å²) >= 11 is 0. The van der Waals surface area contributed by atoms with E-state index in [1.165, 1.54) is 0 Å². The molecule has 1 aromatic rings. The molecule has 0 saturated carbocycles. The Morgan fingerprint density at radius 1 is 1.44 bits per heavy atom. The van der Waals surface area contributed by atoms with Gasteiger partial charge in [0, 0.05) is 18.3 Å². The van der Waals surface area contributed by atoms with Crippen molar-refractivity contribution in [2.24, 2.45) is 0 Å². The van der Waals surface area contributed by atoms with E-state index in [9.17, 15) is 9.59 Å². The maximum atomic E-state index is 11.2. The molecule has 0 aromatic carbocycles. The summed E-state index contributed by atoms with van der Waals surface area (Å²) in [5.74, 6) is -1.61. The lowest BCUT2D eigenvalue weighted by atomic mass is 10.2. The topological polar surface area (TPSA) is 79.3 Å². The fraction of sp³-hybridized carbons (Fsp3) is 0.182. The Labute approximate surface area is 92.8 Å². The van der Waals surface area contributed by atoms with E-state index in [1.54, 1.807) is 25.3 Å². The molecule has 0 unspecified atom stereocenters. The number of rotatable bonds is 4. The number of amides is 1. The minimum atomic E-state index is -1.15. The fourth-order valence-electron chi connectivity index (χ4n) is 1.11. The number of carboxylic acids is 1. The van der Waals surface area contributed by atoms with Crippen LogP contribution in [0.15, 0.2) is 36.5 Å². The van der Waals surface area contributed by atoms with Crippen molar-refractivity contribution >= 4 is 11.9 Å². The molecule has 2 N–H and O–H groups in total. The molecule has 0 aliphatic rings. The minimum absolute atomic E-state index is 0.257. The Hall–Kier alpha value is -2.17. The molecule has 0 fully saturated rings. The summed E-state index contributed by atoms with van der Waals surface area (Å²) in [5.41, 5.74) is 0.722. The van der Waals surface area contributed by atoms with Gasteiger partial charge < -0.3 is 10.4 Å². The first kappa shape index (κ1) is 11.9. The van der Waals surface area contributed by atoms with Crippen molar-refractivity contribution in [1.29, 1.82) is 0 Å². The first-order valence-corrected chi connectivity index (χ1v) is 4.72. The van der Waals surface area contributed by atoms with Crippen molar-refractivity contribution in [3.8, 4) is 0 Å². The van der Waals surface area contributed by atoms with Crippen LogP contribution in [0.25, 0.3) is 0 Å². The lowest BCUT2D eigenvalue weighted by Crippen LogP contribution is -2.25. The van der Waals surface area contributed by atoms with Gasteiger partial charge in [0.1, 0.15) is 0 Å². The zero-order valence-electron chi connectivity index (χ0n) is 8.75. The third kappa shape index (κ3) is 3.91. The second kappa shape index (κ2) is 5.65. The van der Waals surface area contributed by atoms with Gasteiger partial charge in [0.25, 0.3) is 0 Å². The molecule has 1 aromatic heterocycles. The number of aromatic nitrogens is 1. The molecule has 1 atom stereocenters. The number of nitrogens with zero attached hydrogens (tertiary/aromatic N) is 1. The van der Waals surface area contributed by atoms with E-state index >= 15 is 0 Å². The van der Waals surface area contributed by atoms with Crippen LogP contribution in [0.5, 0.6) is 0 Å². The van der Waals surface area contributed by atoms with E-state index in [-0.39, 0.29) is 6.04 Å². The highest BCUT2D eigenvalue weighted by molar-refractivity contribution is 5.93. The van der Waals surface area contributed by atoms with Gasteiger partial charge >= 0.3 is 5.97 Å². The van der Waals surface area contributed by atoms with E-state index in [1.807, 2.05) is 6.07 Å². The molecular formula is C11H12N2O3. The predicted molar refractivity (Wildman–Crippen MR) is 57.6 cm³/mol. The summed E-state index contributed by atoms with van der Waals surface area (Å²) in [7, 11) is 0. The van der Waals surface area contributed by atoms with Crippen molar-refractivity contribution in [3.05, 3.63) is 42.2 Å². The Morgan fingerprint density at radius 2 is 2.19 bits per heavy atom. The van der Waals surface area contributed by atoms with E-state index < -0.39 is 11.9 Å². The molecule has 5 heteroatoms. The molecule has 1 heterocycles. The quantitative estimate of drug-likeness (QED) is 0.739. The van der Waals surface area contributed by atoms with Gasteiger partial charge in [-0.2, -0.15) is 0 Å². The molecule has 1 rings (SSSR count). The van der Waals surface area contributed by atoms with Crippen LogP contribution in [0.3, 0.4) is 0 Å². The zero-order chi connectivity index (χ0) is 12.0. The molecule has 1 amide bonds. The highest BCUT2D eigenvalue weighted by Gasteiger charge is 2.07. The van der Waals surface area contributed by atoms with Crippen LogP contribution in [0.4, 0.5) is 0 Å². The van der Waals surface area contributed by atoms with Gasteiger partial charge in [0.15, 0.2) is 0 Å². The second-order valence-corrected chi connectivity index (χ2v) is 3.16. The summed E-state index contributed by atoms with van der Waals surface area (Å²) in [6.45, 7) is 1.77. The fourth-order valence-corrected chi connectivity index (χ4v) is 1.11. The van der Waals surface area contributed by atoms with Crippen LogP contribution in [-0.2, 0) is 9.59 Å². The molecule has 0 radical (unpaired) electrons. The highest BCUT2D eigenvalue weighted by atomic mass is 16.4. The van der Waals surface area contributed by atoms with Crippen LogP contribution in [0.1, 0.15) is 18.7 Å². The molecule has 84 valence electrons. The van der Waals surface area contributed by atoms with Crippen molar-refractivity contribution in [1.82, 2.24) is 10.3 Å². The molecule has 16 heavy (non-hydrogen) atoms. The molecule has 0 aliphatic carbocycles. The Balaban J connectivity index is 2.55. The van der Waals surface area contributed by atoms with E-state index in [0.717, 1.165) is 17.8 Å². The third-order valence-electron chi connectivity index (χ3n) is 1.87. The summed E-state index contributed by atoms with van der Waals surface area (Å²) in [5, 5.41) is 10.9. The monoisotopic (exact) mass is 220 g/mol. The average Bonchev–Trinajstić information content (AvgIpc) is 2.27. The van der Waals surface area contributed by atoms with Crippen LogP contribution in [-0.4, -0.2) is 22.0 Å². The first-order chi connectivity index (χ1) is 7.59. The smallest absolute Gasteiger partial charge is 0.328 e. The summed E-state index contributed by atoms with van der Waals surface area (Å²) in [6.07, 6.45) is 3.40. The van der Waals surface area contributed by atoms with Crippen molar-refractivity contribution in [2.75, 3.05) is 0 Å². The first-order valence-electron chi connectivity index (χ1n) is 4.72. The number of carbonyl (C=O) groups excluding carboxylic acids is 1. The van der Waals surface area contributed by atoms with Crippen LogP contribution >= 0.6 is 0 Å². The normalized spacial score (nSPS) is 12.3. The van der Waals surface area contributed by atoms with Crippen molar-refractivity contribution in [3.63, 3.8) is 0 Å². The van der Waals surface area contributed by atoms with Crippen molar-refractivity contribution in [2.45, 2.75) is 13.0 Å². The van der Waals surface area contributed by atoms with Gasteiger partial charge in [-0.25, -0.2) is 4.79 Å². The standard InChI is InChI=1S/C11H12N2O3/c1-8(9-4-2-3-7-12-9)13-10(14)5-6-11(15)16/h2-8H,1H3,(H,13,14)(H,15,16)/b6-5+/t8-/m1/s1. The Kier molecular flexibility index (Phi) is 4.20. The largest absolute Gasteiger partial charge is 0.478 e. The highest BCUT2D eigenvalue weighted by Crippen LogP contribution is 2.07. The van der Waals surface area contributed by atoms with Crippen LogP contribution in [0, 0.1) is 0 Å². The zero-order valence-corrected chi connectivity index (χ0v) is 8.75. The molecule has 5 nitrogen and oxygen atoms in total. The Bertz CT molecular complexity index is 401. The van der Waals surface area contributed by atoms with Crippen LogP contribution < -0.4 is 5.32 Å². The molecule has 0 spiro atoms. The lowest BCUT2D eigenvalue weighted by Gasteiger charge is -2.11. The SMILES string of the molecule is C[C@@H](NC(=O)/C=C/C(=O)O)c1ccccn1. The predicted octanol–water partition coefficient (Wildman–Crippen LogP) is 0.900. The Morgan fingerprint density at radius 3 is 2.75 bits per heavy atom. The van der Waals surface area contributed by atoms with E-state index in [4.69, 9.17) is 5.11 Å². The van der Waals surface area contributed by atoms with Gasteiger partial charge in [0.05, 0.1) is 11.7 Å². The second-order valence-electron chi connectivity index (χ2n) is 3.16. The van der Waals surface area contributed by atoms with Gasteiger partial charge in [0.2, 0.25) is 5.91 Å². The van der Waals surface area contributed by atoms with Gasteiger partial charge in [-0.15, -0.1) is 0 Å². The molecule has 0 saturated heterocycles. The number of carboxylic acid groups (broad SMARTS) is 1. The number of hydrogen-bond donors (Lipinski definition) is 2. The summed E-state index contributed by atoms with van der Waals surface area (Å²) in [6, 6.07) is 5.12. The number of carbonyl (C=O) groups is 2. The maximum Gasteiger partial charge on any atom is 0.328 e. The van der Waals surface area contributed by atoms with Gasteiger partial charge in [-0.3, -0.25) is 9.78 Å². The number of aliphatic carboxylic acids is 1. The van der Waals surface area contributed by atoms with Crippen molar-refractivity contribution < 1.29 is 14.7 Å². The molecular weight excluding hydrogens is 208 g/mol. The summed E-state index contributed by atoms with van der Waals surface area (Å²) in [4.78, 5) is 25.5. The van der Waals surface area contributed by atoms with Gasteiger partial charge in [-0.05, 0) is 19.1 Å². The van der Waals surface area contributed by atoms with E-state index in [0.29, 0.717) is 0 Å². The average molecular weight is 220 g/mol. The summed E-state index contributed by atoms with van der Waals surface area (Å²) < 4.78 is 0. The molecule has 0 bridgehead atoms. The number of nitrogens with one attached hydrogen (secondary N) is 1. The number of hydrogen-bond acceptors (Lipinski definition) is 3. The van der Waals surface area contributed by atoms with Crippen LogP contribution in [0.2, 0.25) is 0 Å².